The van der Waals surface area contributed by atoms with Crippen LogP contribution in [0.2, 0.25) is 0 Å². The van der Waals surface area contributed by atoms with E-state index in [1.165, 1.54) is 6.07 Å². The van der Waals surface area contributed by atoms with E-state index in [-0.39, 0.29) is 49.5 Å². The molecule has 0 saturated carbocycles. The summed E-state index contributed by atoms with van der Waals surface area (Å²) in [5, 5.41) is 0. The fraction of sp³-hybridized carbons (Fsp3) is 0.235. The third kappa shape index (κ3) is 5.99. The normalized spacial score (nSPS) is 10.0. The minimum atomic E-state index is -2.65. The molecule has 0 unspecified atom stereocenters. The molecule has 8 heteroatoms. The number of aromatic nitrogens is 1. The molecule has 1 aromatic carbocycles. The number of hydrogen-bond donors (Lipinski definition) is 0. The van der Waals surface area contributed by atoms with Crippen LogP contribution >= 0.6 is 31.9 Å². The van der Waals surface area contributed by atoms with E-state index in [0.29, 0.717) is 15.8 Å². The van der Waals surface area contributed by atoms with Crippen LogP contribution < -0.4 is 10.3 Å². The minimum Gasteiger partial charge on any atom is -0.481 e. The molecule has 25 heavy (non-hydrogen) atoms. The molecule has 0 spiro atoms. The van der Waals surface area contributed by atoms with Gasteiger partial charge in [-0.1, -0.05) is 33.1 Å². The van der Waals surface area contributed by atoms with Crippen molar-refractivity contribution >= 4 is 31.9 Å². The molecule has 129 valence electrons. The summed E-state index contributed by atoms with van der Waals surface area (Å²) in [6, 6.07) is 9.35. The Morgan fingerprint density at radius 2 is 2.04 bits per heavy atom. The summed E-state index contributed by atoms with van der Waals surface area (Å²) in [7, 11) is 0. The predicted molar refractivity (Wildman–Crippen MR) is 95.3 cm³/mol. The van der Waals surface area contributed by atoms with Gasteiger partial charge in [0.25, 0.3) is 6.43 Å². The van der Waals surface area contributed by atoms with Gasteiger partial charge in [-0.3, -0.25) is 4.79 Å². The van der Waals surface area contributed by atoms with Crippen molar-refractivity contribution in [2.45, 2.75) is 19.9 Å². The molecule has 0 atom stereocenters. The summed E-state index contributed by atoms with van der Waals surface area (Å²) in [5.74, 6) is 6.08. The standard InChI is InChI=1S/C17H12Br2F2NO2.Y/c1-2-3-8-24-11-4-5-12(14(19)9-11)15-7-6-13(18)17(23)22(15)10-16(20)21;/h4-6,9,16H,8,10H2,1H3;/q-1;. The Balaban J connectivity index is 0.00000312. The molecule has 0 amide bonds. The first kappa shape index (κ1) is 22.5. The van der Waals surface area contributed by atoms with Crippen LogP contribution in [0.3, 0.4) is 0 Å². The average molecular weight is 549 g/mol. The quantitative estimate of drug-likeness (QED) is 0.407. The second-order valence-corrected chi connectivity index (χ2v) is 6.36. The molecular weight excluding hydrogens is 537 g/mol. The maximum absolute atomic E-state index is 12.8. The smallest absolute Gasteiger partial charge is 0.256 e. The fourth-order valence-corrected chi connectivity index (χ4v) is 2.88. The summed E-state index contributed by atoms with van der Waals surface area (Å²) in [4.78, 5) is 12.2. The van der Waals surface area contributed by atoms with Crippen LogP contribution in [0.1, 0.15) is 6.92 Å². The molecule has 0 aliphatic rings. The van der Waals surface area contributed by atoms with Crippen molar-refractivity contribution in [3.8, 4) is 28.8 Å². The van der Waals surface area contributed by atoms with E-state index in [9.17, 15) is 13.6 Å². The number of halogens is 4. The molecule has 2 aromatic rings. The van der Waals surface area contributed by atoms with Crippen LogP contribution in [0, 0.1) is 17.9 Å². The molecule has 0 bridgehead atoms. The van der Waals surface area contributed by atoms with E-state index >= 15 is 0 Å². The van der Waals surface area contributed by atoms with Gasteiger partial charge in [0.05, 0.1) is 6.54 Å². The van der Waals surface area contributed by atoms with Gasteiger partial charge in [-0.25, -0.2) is 8.78 Å². The van der Waals surface area contributed by atoms with Crippen molar-refractivity contribution in [2.24, 2.45) is 0 Å². The van der Waals surface area contributed by atoms with Crippen LogP contribution in [0.4, 0.5) is 8.78 Å². The van der Waals surface area contributed by atoms with Crippen molar-refractivity contribution in [2.75, 3.05) is 6.61 Å². The zero-order valence-electron chi connectivity index (χ0n) is 13.2. The Kier molecular flexibility index (Phi) is 9.51. The third-order valence-electron chi connectivity index (χ3n) is 3.06. The summed E-state index contributed by atoms with van der Waals surface area (Å²) in [6.45, 7) is 1.26. The second-order valence-electron chi connectivity index (χ2n) is 4.65. The van der Waals surface area contributed by atoms with Crippen LogP contribution in [-0.2, 0) is 39.3 Å². The molecule has 1 radical (unpaired) electrons. The van der Waals surface area contributed by atoms with Crippen molar-refractivity contribution < 1.29 is 46.2 Å². The summed E-state index contributed by atoms with van der Waals surface area (Å²) >= 11 is 6.44. The molecular formula is C17H12Br2F2NO2Y-. The summed E-state index contributed by atoms with van der Waals surface area (Å²) in [5.41, 5.74) is 0.305. The monoisotopic (exact) mass is 547 g/mol. The fourth-order valence-electron chi connectivity index (χ4n) is 2.01. The third-order valence-corrected chi connectivity index (χ3v) is 4.28. The Hall–Kier alpha value is -0.546. The SMILES string of the molecule is CC#CCOc1ccc(-c2[c-]cc(Br)c(=O)n2CC(F)F)c(Br)c1.[Y]. The first-order chi connectivity index (χ1) is 11.4. The molecule has 0 saturated heterocycles. The van der Waals surface area contributed by atoms with E-state index < -0.39 is 18.5 Å². The van der Waals surface area contributed by atoms with Crippen LogP contribution in [0.25, 0.3) is 11.3 Å². The molecule has 1 heterocycles. The van der Waals surface area contributed by atoms with Crippen LogP contribution in [-0.4, -0.2) is 17.6 Å². The van der Waals surface area contributed by atoms with Crippen molar-refractivity contribution in [3.05, 3.63) is 49.6 Å². The number of hydrogen-bond acceptors (Lipinski definition) is 2. The zero-order valence-corrected chi connectivity index (χ0v) is 19.2. The van der Waals surface area contributed by atoms with E-state index in [2.05, 4.69) is 49.8 Å². The van der Waals surface area contributed by atoms with E-state index in [0.717, 1.165) is 4.57 Å². The molecule has 0 fully saturated rings. The predicted octanol–water partition coefficient (Wildman–Crippen LogP) is 4.51. The number of rotatable bonds is 5. The van der Waals surface area contributed by atoms with E-state index in [1.807, 2.05) is 0 Å². The molecule has 1 aromatic heterocycles. The number of alkyl halides is 2. The van der Waals surface area contributed by atoms with Crippen molar-refractivity contribution in [3.63, 3.8) is 0 Å². The first-order valence-electron chi connectivity index (χ1n) is 6.85. The van der Waals surface area contributed by atoms with Gasteiger partial charge in [0.1, 0.15) is 12.4 Å². The topological polar surface area (TPSA) is 31.2 Å². The Morgan fingerprint density at radius 3 is 2.64 bits per heavy atom. The second kappa shape index (κ2) is 10.6. The molecule has 0 aliphatic carbocycles. The summed E-state index contributed by atoms with van der Waals surface area (Å²) in [6.07, 6.45) is -2.65. The van der Waals surface area contributed by atoms with Gasteiger partial charge in [0, 0.05) is 32.7 Å². The largest absolute Gasteiger partial charge is 0.481 e. The Morgan fingerprint density at radius 1 is 1.32 bits per heavy atom. The van der Waals surface area contributed by atoms with Crippen molar-refractivity contribution in [1.29, 1.82) is 0 Å². The Labute approximate surface area is 186 Å². The van der Waals surface area contributed by atoms with Gasteiger partial charge in [0.2, 0.25) is 5.56 Å². The number of nitrogens with zero attached hydrogens (tertiary/aromatic N) is 1. The molecule has 0 N–H and O–H groups in total. The molecule has 0 aliphatic heterocycles. The zero-order chi connectivity index (χ0) is 17.7. The number of benzene rings is 1. The first-order valence-corrected chi connectivity index (χ1v) is 8.44. The van der Waals surface area contributed by atoms with Gasteiger partial charge >= 0.3 is 0 Å². The van der Waals surface area contributed by atoms with Gasteiger partial charge in [0.15, 0.2) is 0 Å². The van der Waals surface area contributed by atoms with Gasteiger partial charge < -0.3 is 9.30 Å². The van der Waals surface area contributed by atoms with E-state index in [1.54, 1.807) is 25.1 Å². The van der Waals surface area contributed by atoms with Crippen molar-refractivity contribution in [1.82, 2.24) is 4.57 Å². The maximum atomic E-state index is 12.8. The van der Waals surface area contributed by atoms with Gasteiger partial charge in [-0.05, 0) is 28.0 Å². The van der Waals surface area contributed by atoms with Crippen LogP contribution in [0.15, 0.2) is 38.0 Å². The van der Waals surface area contributed by atoms with Gasteiger partial charge in [-0.2, -0.15) is 12.1 Å². The average Bonchev–Trinajstić information content (AvgIpc) is 2.53. The molecule has 2 rings (SSSR count). The minimum absolute atomic E-state index is 0. The number of pyridine rings is 1. The van der Waals surface area contributed by atoms with Gasteiger partial charge in [-0.15, -0.1) is 27.9 Å². The van der Waals surface area contributed by atoms with Crippen LogP contribution in [0.5, 0.6) is 5.75 Å². The molecule has 3 nitrogen and oxygen atoms in total. The summed E-state index contributed by atoms with van der Waals surface area (Å²) < 4.78 is 32.9. The number of ether oxygens (including phenoxy) is 1. The maximum Gasteiger partial charge on any atom is 0.256 e. The Bertz CT molecular complexity index is 860. The van der Waals surface area contributed by atoms with E-state index in [4.69, 9.17) is 4.74 Å².